The summed E-state index contributed by atoms with van der Waals surface area (Å²) in [6, 6.07) is 9.74. The van der Waals surface area contributed by atoms with E-state index >= 15 is 0 Å². The molecule has 0 aliphatic carbocycles. The van der Waals surface area contributed by atoms with Gasteiger partial charge in [-0.2, -0.15) is 0 Å². The average Bonchev–Trinajstić information content (AvgIpc) is 2.07. The van der Waals surface area contributed by atoms with Crippen LogP contribution < -0.4 is 4.74 Å². The fraction of sp³-hybridized carbons (Fsp3) is 0.200. The highest BCUT2D eigenvalue weighted by molar-refractivity contribution is 5.21. The van der Waals surface area contributed by atoms with Gasteiger partial charge in [-0.1, -0.05) is 25.1 Å². The molecule has 1 aromatic carbocycles. The summed E-state index contributed by atoms with van der Waals surface area (Å²) in [5.74, 6) is 0.886. The quantitative estimate of drug-likeness (QED) is 0.599. The van der Waals surface area contributed by atoms with Crippen LogP contribution in [0.5, 0.6) is 5.75 Å². The minimum absolute atomic E-state index is 0.886. The van der Waals surface area contributed by atoms with Crippen molar-refractivity contribution in [1.82, 2.24) is 0 Å². The Hall–Kier alpha value is -1.24. The Labute approximate surface area is 67.3 Å². The molecule has 0 unspecified atom stereocenters. The van der Waals surface area contributed by atoms with Crippen LogP contribution in [0.1, 0.15) is 13.3 Å². The van der Waals surface area contributed by atoms with E-state index in [9.17, 15) is 0 Å². The molecular formula is C10H12O. The van der Waals surface area contributed by atoms with Crippen LogP contribution in [0.4, 0.5) is 0 Å². The molecule has 0 N–H and O–H groups in total. The minimum Gasteiger partial charge on any atom is -0.465 e. The molecule has 0 spiro atoms. The van der Waals surface area contributed by atoms with Crippen molar-refractivity contribution in [2.24, 2.45) is 0 Å². The average molecular weight is 148 g/mol. The maximum atomic E-state index is 5.27. The Morgan fingerprint density at radius 2 is 2.00 bits per heavy atom. The number of ether oxygens (including phenoxy) is 1. The Morgan fingerprint density at radius 3 is 2.64 bits per heavy atom. The van der Waals surface area contributed by atoms with Crippen molar-refractivity contribution in [2.75, 3.05) is 0 Å². The van der Waals surface area contributed by atoms with E-state index in [0.29, 0.717) is 0 Å². The molecule has 0 aliphatic rings. The van der Waals surface area contributed by atoms with E-state index in [1.807, 2.05) is 36.4 Å². The molecule has 1 rings (SSSR count). The lowest BCUT2D eigenvalue weighted by Crippen LogP contribution is -1.79. The third-order valence-electron chi connectivity index (χ3n) is 1.28. The van der Waals surface area contributed by atoms with Gasteiger partial charge in [0.05, 0.1) is 6.26 Å². The molecule has 0 aromatic heterocycles. The lowest BCUT2D eigenvalue weighted by molar-refractivity contribution is 0.479. The maximum absolute atomic E-state index is 5.27. The van der Waals surface area contributed by atoms with Gasteiger partial charge in [-0.05, 0) is 24.6 Å². The van der Waals surface area contributed by atoms with E-state index in [2.05, 4.69) is 6.92 Å². The second-order valence-corrected chi connectivity index (χ2v) is 2.21. The van der Waals surface area contributed by atoms with E-state index in [0.717, 1.165) is 12.2 Å². The van der Waals surface area contributed by atoms with Crippen molar-refractivity contribution < 1.29 is 4.74 Å². The van der Waals surface area contributed by atoms with Crippen molar-refractivity contribution in [1.29, 1.82) is 0 Å². The summed E-state index contributed by atoms with van der Waals surface area (Å²) in [5.41, 5.74) is 0. The zero-order chi connectivity index (χ0) is 7.94. The fourth-order valence-corrected chi connectivity index (χ4v) is 0.722. The van der Waals surface area contributed by atoms with Gasteiger partial charge in [-0.25, -0.2) is 0 Å². The summed E-state index contributed by atoms with van der Waals surface area (Å²) in [6.45, 7) is 2.07. The molecule has 58 valence electrons. The highest BCUT2D eigenvalue weighted by Gasteiger charge is 1.83. The first-order chi connectivity index (χ1) is 5.43. The summed E-state index contributed by atoms with van der Waals surface area (Å²) in [5, 5.41) is 0. The van der Waals surface area contributed by atoms with Gasteiger partial charge in [-0.15, -0.1) is 0 Å². The first-order valence-electron chi connectivity index (χ1n) is 3.80. The summed E-state index contributed by atoms with van der Waals surface area (Å²) < 4.78 is 5.27. The topological polar surface area (TPSA) is 9.23 Å². The second-order valence-electron chi connectivity index (χ2n) is 2.21. The van der Waals surface area contributed by atoms with Gasteiger partial charge in [0.1, 0.15) is 5.75 Å². The molecule has 0 heterocycles. The van der Waals surface area contributed by atoms with Gasteiger partial charge in [0.2, 0.25) is 0 Å². The molecule has 0 saturated carbocycles. The van der Waals surface area contributed by atoms with Crippen LogP contribution in [0, 0.1) is 0 Å². The number of benzene rings is 1. The number of allylic oxidation sites excluding steroid dienone is 1. The van der Waals surface area contributed by atoms with E-state index in [-0.39, 0.29) is 0 Å². The van der Waals surface area contributed by atoms with Crippen LogP contribution >= 0.6 is 0 Å². The van der Waals surface area contributed by atoms with Crippen molar-refractivity contribution in [3.63, 3.8) is 0 Å². The third-order valence-corrected chi connectivity index (χ3v) is 1.28. The molecular weight excluding hydrogens is 136 g/mol. The number of rotatable bonds is 3. The van der Waals surface area contributed by atoms with Crippen molar-refractivity contribution in [2.45, 2.75) is 13.3 Å². The summed E-state index contributed by atoms with van der Waals surface area (Å²) in [6.07, 6.45) is 4.70. The number of para-hydroxylation sites is 1. The van der Waals surface area contributed by atoms with Gasteiger partial charge in [0.15, 0.2) is 0 Å². The second kappa shape index (κ2) is 4.56. The first-order valence-corrected chi connectivity index (χ1v) is 3.80. The standard InChI is InChI=1S/C10H12O/c1-2-3-9-11-10-7-5-4-6-8-10/h3-9H,2H2,1H3. The van der Waals surface area contributed by atoms with Gasteiger partial charge >= 0.3 is 0 Å². The molecule has 11 heavy (non-hydrogen) atoms. The zero-order valence-corrected chi connectivity index (χ0v) is 6.66. The molecule has 0 aliphatic heterocycles. The highest BCUT2D eigenvalue weighted by atomic mass is 16.5. The van der Waals surface area contributed by atoms with Crippen LogP contribution in [-0.4, -0.2) is 0 Å². The predicted molar refractivity (Wildman–Crippen MR) is 46.5 cm³/mol. The van der Waals surface area contributed by atoms with E-state index in [4.69, 9.17) is 4.74 Å². The van der Waals surface area contributed by atoms with E-state index < -0.39 is 0 Å². The Bertz CT molecular complexity index is 214. The molecule has 1 nitrogen and oxygen atoms in total. The Kier molecular flexibility index (Phi) is 3.26. The summed E-state index contributed by atoms with van der Waals surface area (Å²) in [7, 11) is 0. The SMILES string of the molecule is CCC=COc1ccccc1. The summed E-state index contributed by atoms with van der Waals surface area (Å²) >= 11 is 0. The van der Waals surface area contributed by atoms with Gasteiger partial charge in [0.25, 0.3) is 0 Å². The van der Waals surface area contributed by atoms with Gasteiger partial charge < -0.3 is 4.74 Å². The molecule has 0 radical (unpaired) electrons. The van der Waals surface area contributed by atoms with E-state index in [1.165, 1.54) is 0 Å². The van der Waals surface area contributed by atoms with Crippen LogP contribution in [0.25, 0.3) is 0 Å². The van der Waals surface area contributed by atoms with Crippen molar-refractivity contribution in [3.05, 3.63) is 42.7 Å². The van der Waals surface area contributed by atoms with Crippen LogP contribution in [0.2, 0.25) is 0 Å². The monoisotopic (exact) mass is 148 g/mol. The fourth-order valence-electron chi connectivity index (χ4n) is 0.722. The van der Waals surface area contributed by atoms with Crippen molar-refractivity contribution in [3.8, 4) is 5.75 Å². The molecule has 0 fully saturated rings. The van der Waals surface area contributed by atoms with Crippen molar-refractivity contribution >= 4 is 0 Å². The third kappa shape index (κ3) is 2.89. The van der Waals surface area contributed by atoms with Crippen LogP contribution in [0.15, 0.2) is 42.7 Å². The normalized spacial score (nSPS) is 10.3. The van der Waals surface area contributed by atoms with Crippen LogP contribution in [0.3, 0.4) is 0 Å². The summed E-state index contributed by atoms with van der Waals surface area (Å²) in [4.78, 5) is 0. The Balaban J connectivity index is 2.45. The first kappa shape index (κ1) is 7.86. The molecule has 0 amide bonds. The largest absolute Gasteiger partial charge is 0.465 e. The smallest absolute Gasteiger partial charge is 0.126 e. The lowest BCUT2D eigenvalue weighted by atomic mass is 10.3. The van der Waals surface area contributed by atoms with Gasteiger partial charge in [0, 0.05) is 0 Å². The van der Waals surface area contributed by atoms with Gasteiger partial charge in [-0.3, -0.25) is 0 Å². The minimum atomic E-state index is 0.886. The van der Waals surface area contributed by atoms with Crippen LogP contribution in [-0.2, 0) is 0 Å². The molecule has 1 aromatic rings. The Morgan fingerprint density at radius 1 is 1.27 bits per heavy atom. The lowest BCUT2D eigenvalue weighted by Gasteiger charge is -1.96. The molecule has 0 atom stereocenters. The highest BCUT2D eigenvalue weighted by Crippen LogP contribution is 2.08. The molecule has 1 heteroatoms. The maximum Gasteiger partial charge on any atom is 0.126 e. The number of hydrogen-bond donors (Lipinski definition) is 0. The number of hydrogen-bond acceptors (Lipinski definition) is 1. The molecule has 0 saturated heterocycles. The van der Waals surface area contributed by atoms with E-state index in [1.54, 1.807) is 6.26 Å². The predicted octanol–water partition coefficient (Wildman–Crippen LogP) is 2.99. The molecule has 0 bridgehead atoms. The zero-order valence-electron chi connectivity index (χ0n) is 6.66.